The predicted molar refractivity (Wildman–Crippen MR) is 56.7 cm³/mol. The van der Waals surface area contributed by atoms with Crippen molar-refractivity contribution in [2.45, 2.75) is 38.5 Å². The maximum Gasteiger partial charge on any atom is 0.322 e. The number of ether oxygens (including phenoxy) is 1. The van der Waals surface area contributed by atoms with E-state index in [4.69, 9.17) is 15.6 Å². The minimum Gasteiger partial charge on any atom is -0.480 e. The first-order valence-corrected chi connectivity index (χ1v) is 5.20. The molecule has 5 nitrogen and oxygen atoms in total. The van der Waals surface area contributed by atoms with Crippen molar-refractivity contribution in [3.8, 4) is 0 Å². The van der Waals surface area contributed by atoms with Crippen LogP contribution in [0.1, 0.15) is 20.8 Å². The summed E-state index contributed by atoms with van der Waals surface area (Å²) in [5.74, 6) is -0.952. The summed E-state index contributed by atoms with van der Waals surface area (Å²) in [6.45, 7) is 7.93. The molecule has 1 fully saturated rings. The van der Waals surface area contributed by atoms with Crippen molar-refractivity contribution in [2.75, 3.05) is 19.7 Å². The summed E-state index contributed by atoms with van der Waals surface area (Å²) in [7, 11) is 0. The van der Waals surface area contributed by atoms with Crippen LogP contribution in [0, 0.1) is 0 Å². The Labute approximate surface area is 90.2 Å². The zero-order valence-electron chi connectivity index (χ0n) is 9.56. The van der Waals surface area contributed by atoms with E-state index < -0.39 is 12.0 Å². The van der Waals surface area contributed by atoms with E-state index in [1.807, 2.05) is 20.8 Å². The Morgan fingerprint density at radius 1 is 1.60 bits per heavy atom. The summed E-state index contributed by atoms with van der Waals surface area (Å²) in [4.78, 5) is 12.8. The Morgan fingerprint density at radius 2 is 2.20 bits per heavy atom. The van der Waals surface area contributed by atoms with Gasteiger partial charge in [-0.1, -0.05) is 0 Å². The SMILES string of the molecule is CC(C(N)C(=O)O)N1CCOC(C)(C)C1. The van der Waals surface area contributed by atoms with E-state index in [1.165, 1.54) is 0 Å². The lowest BCUT2D eigenvalue weighted by Gasteiger charge is -2.42. The van der Waals surface area contributed by atoms with Crippen LogP contribution in [0.5, 0.6) is 0 Å². The molecule has 5 heteroatoms. The number of nitrogens with zero attached hydrogens (tertiary/aromatic N) is 1. The molecule has 0 aliphatic carbocycles. The van der Waals surface area contributed by atoms with Gasteiger partial charge in [0.15, 0.2) is 0 Å². The molecule has 0 bridgehead atoms. The van der Waals surface area contributed by atoms with Gasteiger partial charge < -0.3 is 15.6 Å². The van der Waals surface area contributed by atoms with Gasteiger partial charge in [-0.05, 0) is 20.8 Å². The summed E-state index contributed by atoms with van der Waals surface area (Å²) in [5.41, 5.74) is 5.38. The minimum atomic E-state index is -0.952. The number of hydrogen-bond acceptors (Lipinski definition) is 4. The molecule has 0 aromatic rings. The highest BCUT2D eigenvalue weighted by molar-refractivity contribution is 5.74. The molecule has 1 aliphatic heterocycles. The van der Waals surface area contributed by atoms with Crippen LogP contribution in [0.3, 0.4) is 0 Å². The molecular formula is C10H20N2O3. The van der Waals surface area contributed by atoms with E-state index in [0.29, 0.717) is 6.61 Å². The van der Waals surface area contributed by atoms with Gasteiger partial charge in [-0.3, -0.25) is 9.69 Å². The van der Waals surface area contributed by atoms with Crippen LogP contribution in [0.25, 0.3) is 0 Å². The number of aliphatic carboxylic acids is 1. The van der Waals surface area contributed by atoms with Crippen LogP contribution >= 0.6 is 0 Å². The number of carbonyl (C=O) groups is 1. The number of rotatable bonds is 3. The second-order valence-corrected chi connectivity index (χ2v) is 4.68. The van der Waals surface area contributed by atoms with Crippen molar-refractivity contribution in [3.63, 3.8) is 0 Å². The van der Waals surface area contributed by atoms with Crippen molar-refractivity contribution in [2.24, 2.45) is 5.73 Å². The highest BCUT2D eigenvalue weighted by atomic mass is 16.5. The summed E-state index contributed by atoms with van der Waals surface area (Å²) < 4.78 is 5.56. The topological polar surface area (TPSA) is 75.8 Å². The van der Waals surface area contributed by atoms with E-state index >= 15 is 0 Å². The molecule has 2 atom stereocenters. The van der Waals surface area contributed by atoms with Crippen LogP contribution in [-0.4, -0.2) is 53.4 Å². The molecule has 1 heterocycles. The van der Waals surface area contributed by atoms with Gasteiger partial charge in [0.1, 0.15) is 6.04 Å². The third-order valence-corrected chi connectivity index (χ3v) is 2.84. The lowest BCUT2D eigenvalue weighted by atomic mass is 10.0. The van der Waals surface area contributed by atoms with Crippen molar-refractivity contribution >= 4 is 5.97 Å². The molecule has 0 radical (unpaired) electrons. The van der Waals surface area contributed by atoms with Gasteiger partial charge in [-0.15, -0.1) is 0 Å². The molecule has 0 aromatic heterocycles. The second-order valence-electron chi connectivity index (χ2n) is 4.68. The normalized spacial score (nSPS) is 25.9. The van der Waals surface area contributed by atoms with Gasteiger partial charge in [0.25, 0.3) is 0 Å². The zero-order chi connectivity index (χ0) is 11.6. The molecule has 2 unspecified atom stereocenters. The third kappa shape index (κ3) is 3.15. The molecule has 1 aliphatic rings. The number of carboxylic acid groups (broad SMARTS) is 1. The second kappa shape index (κ2) is 4.47. The smallest absolute Gasteiger partial charge is 0.322 e. The molecule has 1 saturated heterocycles. The first-order valence-electron chi connectivity index (χ1n) is 5.20. The molecule has 1 rings (SSSR count). The molecule has 0 saturated carbocycles. The van der Waals surface area contributed by atoms with Crippen LogP contribution < -0.4 is 5.73 Å². The lowest BCUT2D eigenvalue weighted by Crippen LogP contribution is -2.57. The standard InChI is InChI=1S/C10H20N2O3/c1-7(8(11)9(13)14)12-4-5-15-10(2,3)6-12/h7-8H,4-6,11H2,1-3H3,(H,13,14). The Hall–Kier alpha value is -0.650. The fraction of sp³-hybridized carbons (Fsp3) is 0.900. The van der Waals surface area contributed by atoms with Gasteiger partial charge in [-0.25, -0.2) is 0 Å². The quantitative estimate of drug-likeness (QED) is 0.689. The number of hydrogen-bond donors (Lipinski definition) is 2. The van der Waals surface area contributed by atoms with Crippen molar-refractivity contribution in [1.29, 1.82) is 0 Å². The van der Waals surface area contributed by atoms with Gasteiger partial charge in [-0.2, -0.15) is 0 Å². The Balaban J connectivity index is 2.60. The average Bonchev–Trinajstić information content (AvgIpc) is 2.13. The number of carboxylic acids is 1. The van der Waals surface area contributed by atoms with Crippen LogP contribution in [0.2, 0.25) is 0 Å². The van der Waals surface area contributed by atoms with Crippen molar-refractivity contribution < 1.29 is 14.6 Å². The van der Waals surface area contributed by atoms with Crippen molar-refractivity contribution in [3.05, 3.63) is 0 Å². The van der Waals surface area contributed by atoms with E-state index in [2.05, 4.69) is 4.90 Å². The Bertz CT molecular complexity index is 243. The minimum absolute atomic E-state index is 0.161. The van der Waals surface area contributed by atoms with Gasteiger partial charge >= 0.3 is 5.97 Å². The van der Waals surface area contributed by atoms with Crippen LogP contribution in [0.15, 0.2) is 0 Å². The van der Waals surface area contributed by atoms with E-state index in [9.17, 15) is 4.79 Å². The molecular weight excluding hydrogens is 196 g/mol. The lowest BCUT2D eigenvalue weighted by molar-refractivity contribution is -0.142. The maximum absolute atomic E-state index is 10.8. The zero-order valence-corrected chi connectivity index (χ0v) is 9.56. The fourth-order valence-corrected chi connectivity index (χ4v) is 1.83. The van der Waals surface area contributed by atoms with Crippen LogP contribution in [0.4, 0.5) is 0 Å². The van der Waals surface area contributed by atoms with E-state index in [1.54, 1.807) is 0 Å². The first-order chi connectivity index (χ1) is 6.83. The molecule has 15 heavy (non-hydrogen) atoms. The Kier molecular flexibility index (Phi) is 3.70. The van der Waals surface area contributed by atoms with Gasteiger partial charge in [0, 0.05) is 19.1 Å². The largest absolute Gasteiger partial charge is 0.480 e. The highest BCUT2D eigenvalue weighted by Gasteiger charge is 2.33. The number of morpholine rings is 1. The summed E-state index contributed by atoms with van der Waals surface area (Å²) >= 11 is 0. The molecule has 0 spiro atoms. The molecule has 0 aromatic carbocycles. The summed E-state index contributed by atoms with van der Waals surface area (Å²) in [6, 6.07) is -0.996. The highest BCUT2D eigenvalue weighted by Crippen LogP contribution is 2.19. The van der Waals surface area contributed by atoms with Gasteiger partial charge in [0.05, 0.1) is 12.2 Å². The molecule has 0 amide bonds. The van der Waals surface area contributed by atoms with Crippen LogP contribution in [-0.2, 0) is 9.53 Å². The van der Waals surface area contributed by atoms with Crippen molar-refractivity contribution in [1.82, 2.24) is 4.90 Å². The van der Waals surface area contributed by atoms with E-state index in [-0.39, 0.29) is 11.6 Å². The van der Waals surface area contributed by atoms with Gasteiger partial charge in [0.2, 0.25) is 0 Å². The number of nitrogens with two attached hydrogens (primary N) is 1. The van der Waals surface area contributed by atoms with E-state index in [0.717, 1.165) is 13.1 Å². The third-order valence-electron chi connectivity index (χ3n) is 2.84. The predicted octanol–water partition coefficient (Wildman–Crippen LogP) is -0.102. The summed E-state index contributed by atoms with van der Waals surface area (Å²) in [5, 5.41) is 8.83. The first kappa shape index (κ1) is 12.4. The fourth-order valence-electron chi connectivity index (χ4n) is 1.83. The summed E-state index contributed by atoms with van der Waals surface area (Å²) in [6.07, 6.45) is 0. The molecule has 3 N–H and O–H groups in total. The maximum atomic E-state index is 10.8. The molecule has 88 valence electrons. The monoisotopic (exact) mass is 216 g/mol. The average molecular weight is 216 g/mol. The Morgan fingerprint density at radius 3 is 2.67 bits per heavy atom.